The molecule has 0 amide bonds. The van der Waals surface area contributed by atoms with Crippen molar-refractivity contribution in [3.8, 4) is 11.5 Å². The highest BCUT2D eigenvalue weighted by Gasteiger charge is 2.25. The summed E-state index contributed by atoms with van der Waals surface area (Å²) in [6, 6.07) is 2.86. The summed E-state index contributed by atoms with van der Waals surface area (Å²) >= 11 is 0. The molecule has 0 saturated heterocycles. The normalized spacial score (nSPS) is 12.4. The van der Waals surface area contributed by atoms with E-state index in [1.165, 1.54) is 13.2 Å². The lowest BCUT2D eigenvalue weighted by Gasteiger charge is -2.30. The number of methoxy groups -OCH3 is 1. The van der Waals surface area contributed by atoms with Crippen molar-refractivity contribution in [1.29, 1.82) is 0 Å². The van der Waals surface area contributed by atoms with Crippen molar-refractivity contribution in [3.63, 3.8) is 0 Å². The maximum Gasteiger partial charge on any atom is 0.314 e. The van der Waals surface area contributed by atoms with Crippen LogP contribution in [0.2, 0.25) is 0 Å². The van der Waals surface area contributed by atoms with Crippen molar-refractivity contribution in [1.82, 2.24) is 4.90 Å². The van der Waals surface area contributed by atoms with Crippen molar-refractivity contribution in [2.75, 3.05) is 26.7 Å². The zero-order valence-electron chi connectivity index (χ0n) is 13.4. The van der Waals surface area contributed by atoms with Gasteiger partial charge in [0.25, 0.3) is 0 Å². The lowest BCUT2D eigenvalue weighted by Crippen LogP contribution is -2.35. The molecule has 22 heavy (non-hydrogen) atoms. The second-order valence-corrected chi connectivity index (χ2v) is 5.14. The van der Waals surface area contributed by atoms with E-state index in [9.17, 15) is 15.2 Å². The minimum Gasteiger partial charge on any atom is -0.500 e. The molecule has 3 N–H and O–H groups in total. The number of hydrogen-bond acceptors (Lipinski definition) is 6. The number of nitrogens with zero attached hydrogens (tertiary/aromatic N) is 2. The van der Waals surface area contributed by atoms with Crippen LogP contribution in [-0.4, -0.2) is 41.7 Å². The molecule has 1 aromatic rings. The van der Waals surface area contributed by atoms with Gasteiger partial charge in [0.2, 0.25) is 5.75 Å². The Morgan fingerprint density at radius 3 is 2.36 bits per heavy atom. The van der Waals surface area contributed by atoms with E-state index in [0.717, 1.165) is 25.9 Å². The van der Waals surface area contributed by atoms with Gasteiger partial charge in [0.05, 0.1) is 12.0 Å². The van der Waals surface area contributed by atoms with Gasteiger partial charge in [0, 0.05) is 18.7 Å². The van der Waals surface area contributed by atoms with Crippen molar-refractivity contribution < 1.29 is 14.8 Å². The van der Waals surface area contributed by atoms with Gasteiger partial charge in [-0.25, -0.2) is 0 Å². The summed E-state index contributed by atoms with van der Waals surface area (Å²) in [5.74, 6) is -0.361. The van der Waals surface area contributed by atoms with Crippen molar-refractivity contribution in [2.24, 2.45) is 5.73 Å². The molecule has 7 heteroatoms. The molecule has 1 aromatic carbocycles. The number of aromatic hydroxyl groups is 1. The second kappa shape index (κ2) is 8.55. The first-order chi connectivity index (χ1) is 10.5. The summed E-state index contributed by atoms with van der Waals surface area (Å²) in [6.45, 7) is 6.21. The van der Waals surface area contributed by atoms with Crippen LogP contribution >= 0.6 is 0 Å². The van der Waals surface area contributed by atoms with E-state index < -0.39 is 10.7 Å². The number of nitro groups is 1. The summed E-state index contributed by atoms with van der Waals surface area (Å²) in [5.41, 5.74) is 6.23. The maximum absolute atomic E-state index is 11.1. The van der Waals surface area contributed by atoms with Crippen LogP contribution in [0.5, 0.6) is 11.5 Å². The fourth-order valence-electron chi connectivity index (χ4n) is 2.59. The molecule has 0 radical (unpaired) electrons. The van der Waals surface area contributed by atoms with Crippen LogP contribution in [0.3, 0.4) is 0 Å². The number of rotatable bonds is 9. The number of nitrogens with two attached hydrogens (primary N) is 1. The Morgan fingerprint density at radius 2 is 1.95 bits per heavy atom. The number of benzene rings is 1. The molecule has 7 nitrogen and oxygen atoms in total. The molecule has 0 heterocycles. The van der Waals surface area contributed by atoms with E-state index in [2.05, 4.69) is 18.7 Å². The Morgan fingerprint density at radius 1 is 1.36 bits per heavy atom. The first kappa shape index (κ1) is 18.2. The minimum atomic E-state index is -0.612. The molecule has 0 aliphatic carbocycles. The summed E-state index contributed by atoms with van der Waals surface area (Å²) < 4.78 is 5.06. The van der Waals surface area contributed by atoms with Gasteiger partial charge in [-0.2, -0.15) is 0 Å². The Bertz CT molecular complexity index is 502. The van der Waals surface area contributed by atoms with E-state index in [0.29, 0.717) is 12.1 Å². The monoisotopic (exact) mass is 311 g/mol. The van der Waals surface area contributed by atoms with Gasteiger partial charge in [0.1, 0.15) is 0 Å². The van der Waals surface area contributed by atoms with E-state index in [-0.39, 0.29) is 17.5 Å². The molecule has 0 saturated carbocycles. The highest BCUT2D eigenvalue weighted by atomic mass is 16.6. The first-order valence-corrected chi connectivity index (χ1v) is 7.49. The van der Waals surface area contributed by atoms with Gasteiger partial charge in [-0.1, -0.05) is 13.8 Å². The van der Waals surface area contributed by atoms with Gasteiger partial charge in [-0.15, -0.1) is 0 Å². The van der Waals surface area contributed by atoms with Crippen LogP contribution < -0.4 is 10.5 Å². The van der Waals surface area contributed by atoms with Gasteiger partial charge in [-0.3, -0.25) is 15.0 Å². The summed E-state index contributed by atoms with van der Waals surface area (Å²) in [4.78, 5) is 12.7. The van der Waals surface area contributed by atoms with Gasteiger partial charge >= 0.3 is 5.69 Å². The Kier molecular flexibility index (Phi) is 7.07. The number of nitro benzene ring substituents is 1. The number of phenols is 1. The Labute approximate surface area is 130 Å². The summed E-state index contributed by atoms with van der Waals surface area (Å²) in [7, 11) is 1.37. The van der Waals surface area contributed by atoms with Crippen molar-refractivity contribution in [3.05, 3.63) is 27.8 Å². The molecule has 0 aliphatic heterocycles. The molecular formula is C15H25N3O4. The average molecular weight is 311 g/mol. The number of ether oxygens (including phenoxy) is 1. The maximum atomic E-state index is 11.1. The van der Waals surface area contributed by atoms with Crippen molar-refractivity contribution >= 4 is 5.69 Å². The lowest BCUT2D eigenvalue weighted by molar-refractivity contribution is -0.386. The molecular weight excluding hydrogens is 286 g/mol. The van der Waals surface area contributed by atoms with Gasteiger partial charge in [-0.05, 0) is 37.6 Å². The van der Waals surface area contributed by atoms with Crippen LogP contribution in [0.4, 0.5) is 5.69 Å². The third-order valence-electron chi connectivity index (χ3n) is 3.56. The largest absolute Gasteiger partial charge is 0.500 e. The third kappa shape index (κ3) is 4.08. The molecule has 0 aliphatic rings. The smallest absolute Gasteiger partial charge is 0.314 e. The second-order valence-electron chi connectivity index (χ2n) is 5.14. The molecule has 1 atom stereocenters. The van der Waals surface area contributed by atoms with E-state index in [4.69, 9.17) is 10.5 Å². The number of phenolic OH excluding ortho intramolecular Hbond substituents is 1. The highest BCUT2D eigenvalue weighted by molar-refractivity contribution is 5.57. The van der Waals surface area contributed by atoms with Crippen LogP contribution in [0.15, 0.2) is 12.1 Å². The quantitative estimate of drug-likeness (QED) is 0.536. The van der Waals surface area contributed by atoms with E-state index in [1.54, 1.807) is 6.07 Å². The molecule has 0 aromatic heterocycles. The standard InChI is InChI=1S/C15H25N3O4/c1-4-6-17(7-5-2)13(10-16)11-8-12(18(20)21)15(19)14(9-11)22-3/h8-9,13,19H,4-7,10,16H2,1-3H3. The fourth-order valence-corrected chi connectivity index (χ4v) is 2.59. The topological polar surface area (TPSA) is 102 Å². The Hall–Kier alpha value is -1.86. The highest BCUT2D eigenvalue weighted by Crippen LogP contribution is 2.39. The van der Waals surface area contributed by atoms with Gasteiger partial charge < -0.3 is 15.6 Å². The minimum absolute atomic E-state index is 0.0931. The van der Waals surface area contributed by atoms with E-state index in [1.807, 2.05) is 0 Å². The Balaban J connectivity index is 3.30. The molecule has 124 valence electrons. The van der Waals surface area contributed by atoms with Crippen LogP contribution in [-0.2, 0) is 0 Å². The van der Waals surface area contributed by atoms with Gasteiger partial charge in [0.15, 0.2) is 5.75 Å². The number of hydrogen-bond donors (Lipinski definition) is 2. The predicted octanol–water partition coefficient (Wildman–Crippen LogP) is 2.43. The molecule has 1 unspecified atom stereocenters. The zero-order valence-corrected chi connectivity index (χ0v) is 13.4. The lowest BCUT2D eigenvalue weighted by atomic mass is 10.0. The molecule has 0 spiro atoms. The summed E-state index contributed by atoms with van der Waals surface area (Å²) in [6.07, 6.45) is 1.93. The van der Waals surface area contributed by atoms with Crippen LogP contribution in [0.1, 0.15) is 38.3 Å². The average Bonchev–Trinajstić information content (AvgIpc) is 2.49. The molecule has 1 rings (SSSR count). The molecule has 0 bridgehead atoms. The van der Waals surface area contributed by atoms with E-state index >= 15 is 0 Å². The zero-order chi connectivity index (χ0) is 16.7. The third-order valence-corrected chi connectivity index (χ3v) is 3.56. The van der Waals surface area contributed by atoms with Crippen LogP contribution in [0, 0.1) is 10.1 Å². The fraction of sp³-hybridized carbons (Fsp3) is 0.600. The van der Waals surface area contributed by atoms with Crippen molar-refractivity contribution in [2.45, 2.75) is 32.7 Å². The summed E-state index contributed by atoms with van der Waals surface area (Å²) in [5, 5.41) is 21.0. The SMILES string of the molecule is CCCN(CCC)C(CN)c1cc(OC)c(O)c([N+](=O)[O-])c1. The molecule has 0 fully saturated rings. The first-order valence-electron chi connectivity index (χ1n) is 7.49. The predicted molar refractivity (Wildman–Crippen MR) is 85.3 cm³/mol. The van der Waals surface area contributed by atoms with Crippen LogP contribution in [0.25, 0.3) is 0 Å².